The highest BCUT2D eigenvalue weighted by Crippen LogP contribution is 2.33. The van der Waals surface area contributed by atoms with Gasteiger partial charge in [0.05, 0.1) is 32.7 Å². The number of ether oxygens (including phenoxy) is 1. The van der Waals surface area contributed by atoms with Crippen LogP contribution in [0.25, 0.3) is 0 Å². The molecule has 2 aliphatic rings. The van der Waals surface area contributed by atoms with E-state index >= 15 is 0 Å². The molecule has 6 nitrogen and oxygen atoms in total. The molecule has 1 amide bonds. The van der Waals surface area contributed by atoms with Gasteiger partial charge in [0.15, 0.2) is 0 Å². The van der Waals surface area contributed by atoms with Crippen LogP contribution in [0.4, 0.5) is 5.69 Å². The SMILES string of the molecule is O=C(c1cc([N+](=O)[O-])cc(Cl)c1Cl)N1CC2CCC(C1)O2. The summed E-state index contributed by atoms with van der Waals surface area (Å²) in [5.74, 6) is -0.342. The molecule has 2 atom stereocenters. The maximum absolute atomic E-state index is 12.6. The van der Waals surface area contributed by atoms with Gasteiger partial charge in [-0.2, -0.15) is 0 Å². The molecule has 0 aromatic heterocycles. The fraction of sp³-hybridized carbons (Fsp3) is 0.462. The van der Waals surface area contributed by atoms with Gasteiger partial charge in [0, 0.05) is 25.2 Å². The van der Waals surface area contributed by atoms with Gasteiger partial charge in [0.25, 0.3) is 11.6 Å². The monoisotopic (exact) mass is 330 g/mol. The zero-order chi connectivity index (χ0) is 15.1. The topological polar surface area (TPSA) is 72.7 Å². The number of carbonyl (C=O) groups is 1. The Labute approximate surface area is 130 Å². The molecule has 2 fully saturated rings. The Morgan fingerprint density at radius 2 is 1.90 bits per heavy atom. The number of halogens is 2. The fourth-order valence-electron chi connectivity index (χ4n) is 2.79. The average Bonchev–Trinajstić information content (AvgIpc) is 2.79. The third-order valence-corrected chi connectivity index (χ3v) is 4.59. The van der Waals surface area contributed by atoms with E-state index in [1.165, 1.54) is 6.07 Å². The Morgan fingerprint density at radius 1 is 1.29 bits per heavy atom. The number of hydrogen-bond acceptors (Lipinski definition) is 4. The van der Waals surface area contributed by atoms with Crippen LogP contribution in [0.2, 0.25) is 10.0 Å². The molecule has 8 heteroatoms. The average molecular weight is 331 g/mol. The predicted octanol–water partition coefficient (Wildman–Crippen LogP) is 2.91. The van der Waals surface area contributed by atoms with Gasteiger partial charge in [-0.3, -0.25) is 14.9 Å². The number of benzene rings is 1. The van der Waals surface area contributed by atoms with E-state index in [0.29, 0.717) is 13.1 Å². The molecular weight excluding hydrogens is 319 g/mol. The summed E-state index contributed by atoms with van der Waals surface area (Å²) in [5.41, 5.74) is -0.179. The van der Waals surface area contributed by atoms with E-state index in [9.17, 15) is 14.9 Å². The van der Waals surface area contributed by atoms with Gasteiger partial charge in [0.1, 0.15) is 0 Å². The van der Waals surface area contributed by atoms with Gasteiger partial charge >= 0.3 is 0 Å². The zero-order valence-electron chi connectivity index (χ0n) is 10.9. The number of hydrogen-bond donors (Lipinski definition) is 0. The summed E-state index contributed by atoms with van der Waals surface area (Å²) < 4.78 is 5.67. The van der Waals surface area contributed by atoms with E-state index in [1.54, 1.807) is 4.90 Å². The molecule has 2 saturated heterocycles. The second-order valence-electron chi connectivity index (χ2n) is 5.21. The molecule has 2 aliphatic heterocycles. The van der Waals surface area contributed by atoms with Crippen molar-refractivity contribution in [3.05, 3.63) is 37.9 Å². The first-order valence-electron chi connectivity index (χ1n) is 6.54. The van der Waals surface area contributed by atoms with Crippen LogP contribution in [0.3, 0.4) is 0 Å². The first-order valence-corrected chi connectivity index (χ1v) is 7.29. The highest BCUT2D eigenvalue weighted by atomic mass is 35.5. The van der Waals surface area contributed by atoms with Crippen LogP contribution in [-0.4, -0.2) is 41.0 Å². The van der Waals surface area contributed by atoms with Gasteiger partial charge < -0.3 is 9.64 Å². The summed E-state index contributed by atoms with van der Waals surface area (Å²) in [6.07, 6.45) is 1.94. The van der Waals surface area contributed by atoms with Crippen LogP contribution in [0.15, 0.2) is 12.1 Å². The molecule has 1 aromatic rings. The lowest BCUT2D eigenvalue weighted by atomic mass is 10.1. The van der Waals surface area contributed by atoms with Crippen molar-refractivity contribution in [3.8, 4) is 0 Å². The summed E-state index contributed by atoms with van der Waals surface area (Å²) in [5, 5.41) is 10.9. The number of rotatable bonds is 2. The highest BCUT2D eigenvalue weighted by molar-refractivity contribution is 6.44. The molecule has 2 bridgehead atoms. The summed E-state index contributed by atoms with van der Waals surface area (Å²) in [7, 11) is 0. The van der Waals surface area contributed by atoms with Crippen molar-refractivity contribution in [1.82, 2.24) is 4.90 Å². The third-order valence-electron chi connectivity index (χ3n) is 3.78. The van der Waals surface area contributed by atoms with E-state index in [0.717, 1.165) is 18.9 Å². The van der Waals surface area contributed by atoms with Crippen molar-refractivity contribution in [2.75, 3.05) is 13.1 Å². The smallest absolute Gasteiger partial charge is 0.271 e. The first-order chi connectivity index (χ1) is 9.95. The van der Waals surface area contributed by atoms with Crippen LogP contribution in [0.1, 0.15) is 23.2 Å². The van der Waals surface area contributed by atoms with Gasteiger partial charge in [-0.15, -0.1) is 0 Å². The second-order valence-corrected chi connectivity index (χ2v) is 6.00. The number of likely N-dealkylation sites (tertiary alicyclic amines) is 1. The Bertz CT molecular complexity index is 610. The largest absolute Gasteiger partial charge is 0.371 e. The number of amides is 1. The Hall–Kier alpha value is -1.37. The van der Waals surface area contributed by atoms with E-state index in [4.69, 9.17) is 27.9 Å². The normalized spacial score (nSPS) is 24.2. The van der Waals surface area contributed by atoms with Crippen LogP contribution in [0.5, 0.6) is 0 Å². The minimum atomic E-state index is -0.595. The lowest BCUT2D eigenvalue weighted by Gasteiger charge is -2.32. The number of non-ortho nitro benzene ring substituents is 1. The minimum Gasteiger partial charge on any atom is -0.371 e. The van der Waals surface area contributed by atoms with Crippen molar-refractivity contribution in [1.29, 1.82) is 0 Å². The van der Waals surface area contributed by atoms with E-state index in [1.807, 2.05) is 0 Å². The molecular formula is C13H12Cl2N2O4. The number of carbonyl (C=O) groups excluding carboxylic acids is 1. The second kappa shape index (κ2) is 5.44. The molecule has 3 rings (SSSR count). The molecule has 0 spiro atoms. The van der Waals surface area contributed by atoms with Crippen molar-refractivity contribution in [2.45, 2.75) is 25.0 Å². The molecule has 2 unspecified atom stereocenters. The summed E-state index contributed by atoms with van der Waals surface area (Å²) >= 11 is 11.9. The molecule has 0 N–H and O–H groups in total. The number of fused-ring (bicyclic) bond motifs is 2. The number of morpholine rings is 1. The molecule has 0 saturated carbocycles. The molecule has 2 heterocycles. The Kier molecular flexibility index (Phi) is 3.77. The Morgan fingerprint density at radius 3 is 2.48 bits per heavy atom. The number of nitrogens with zero attached hydrogens (tertiary/aromatic N) is 2. The quantitative estimate of drug-likeness (QED) is 0.617. The van der Waals surface area contributed by atoms with Crippen LogP contribution in [-0.2, 0) is 4.74 Å². The van der Waals surface area contributed by atoms with Crippen LogP contribution < -0.4 is 0 Å². The summed E-state index contributed by atoms with van der Waals surface area (Å²) in [6, 6.07) is 2.32. The molecule has 0 radical (unpaired) electrons. The lowest BCUT2D eigenvalue weighted by Crippen LogP contribution is -2.45. The maximum Gasteiger partial charge on any atom is 0.271 e. The van der Waals surface area contributed by atoms with E-state index in [-0.39, 0.29) is 39.4 Å². The minimum absolute atomic E-state index is 0.00504. The van der Waals surface area contributed by atoms with Crippen LogP contribution >= 0.6 is 23.2 Å². The van der Waals surface area contributed by atoms with Gasteiger partial charge in [-0.25, -0.2) is 0 Å². The van der Waals surface area contributed by atoms with Gasteiger partial charge in [-0.1, -0.05) is 23.2 Å². The predicted molar refractivity (Wildman–Crippen MR) is 76.9 cm³/mol. The van der Waals surface area contributed by atoms with Gasteiger partial charge in [-0.05, 0) is 12.8 Å². The van der Waals surface area contributed by atoms with E-state index in [2.05, 4.69) is 0 Å². The first kappa shape index (κ1) is 14.6. The molecule has 1 aromatic carbocycles. The molecule has 112 valence electrons. The highest BCUT2D eigenvalue weighted by Gasteiger charge is 2.36. The fourth-order valence-corrected chi connectivity index (χ4v) is 3.19. The number of nitro groups is 1. The lowest BCUT2D eigenvalue weighted by molar-refractivity contribution is -0.384. The standard InChI is InChI=1S/C13H12Cl2N2O4/c14-11-4-7(17(19)20)3-10(12(11)15)13(18)16-5-8-1-2-9(6-16)21-8/h3-4,8-9H,1-2,5-6H2. The maximum atomic E-state index is 12.6. The number of nitro benzene ring substituents is 1. The zero-order valence-corrected chi connectivity index (χ0v) is 12.4. The molecule has 21 heavy (non-hydrogen) atoms. The van der Waals surface area contributed by atoms with E-state index < -0.39 is 4.92 Å². The van der Waals surface area contributed by atoms with Crippen molar-refractivity contribution in [3.63, 3.8) is 0 Å². The van der Waals surface area contributed by atoms with Crippen molar-refractivity contribution in [2.24, 2.45) is 0 Å². The van der Waals surface area contributed by atoms with Crippen LogP contribution in [0, 0.1) is 10.1 Å². The van der Waals surface area contributed by atoms with Crippen molar-refractivity contribution < 1.29 is 14.5 Å². The summed E-state index contributed by atoms with van der Waals surface area (Å²) in [6.45, 7) is 0.956. The molecule has 0 aliphatic carbocycles. The van der Waals surface area contributed by atoms with Crippen molar-refractivity contribution >= 4 is 34.8 Å². The Balaban J connectivity index is 1.92. The third kappa shape index (κ3) is 2.71. The summed E-state index contributed by atoms with van der Waals surface area (Å²) in [4.78, 5) is 24.5. The van der Waals surface area contributed by atoms with Gasteiger partial charge in [0.2, 0.25) is 0 Å².